The van der Waals surface area contributed by atoms with E-state index in [1.165, 1.54) is 30.4 Å². The summed E-state index contributed by atoms with van der Waals surface area (Å²) < 4.78 is 0. The van der Waals surface area contributed by atoms with Crippen molar-refractivity contribution in [1.29, 1.82) is 0 Å². The maximum absolute atomic E-state index is 5.63. The van der Waals surface area contributed by atoms with Crippen LogP contribution in [0.1, 0.15) is 31.7 Å². The van der Waals surface area contributed by atoms with E-state index in [4.69, 9.17) is 5.73 Å². The summed E-state index contributed by atoms with van der Waals surface area (Å²) in [6.45, 7) is 2.21. The molecule has 1 aromatic rings. The second-order valence-corrected chi connectivity index (χ2v) is 3.70. The second-order valence-electron chi connectivity index (χ2n) is 3.70. The predicted octanol–water partition coefficient (Wildman–Crippen LogP) is 3.23. The van der Waals surface area contributed by atoms with Crippen LogP contribution < -0.4 is 5.73 Å². The Labute approximate surface area is 79.3 Å². The summed E-state index contributed by atoms with van der Waals surface area (Å²) in [6, 6.07) is 8.15. The van der Waals surface area contributed by atoms with Crippen LogP contribution in [0.4, 0.5) is 5.69 Å². The van der Waals surface area contributed by atoms with E-state index in [-0.39, 0.29) is 0 Å². The maximum atomic E-state index is 5.63. The lowest BCUT2D eigenvalue weighted by atomic mass is 9.86. The molecule has 0 heterocycles. The fourth-order valence-electron chi connectivity index (χ4n) is 1.67. The molecule has 0 bridgehead atoms. The van der Waals surface area contributed by atoms with Crippen LogP contribution in [0.25, 0.3) is 5.57 Å². The van der Waals surface area contributed by atoms with Crippen molar-refractivity contribution in [1.82, 2.24) is 0 Å². The lowest BCUT2D eigenvalue weighted by molar-refractivity contribution is 0.665. The van der Waals surface area contributed by atoms with Crippen molar-refractivity contribution in [2.24, 2.45) is 0 Å². The Morgan fingerprint density at radius 3 is 2.23 bits per heavy atom. The molecule has 2 N–H and O–H groups in total. The van der Waals surface area contributed by atoms with E-state index in [0.29, 0.717) is 0 Å². The zero-order valence-electron chi connectivity index (χ0n) is 8.01. The maximum Gasteiger partial charge on any atom is 0.0314 e. The van der Waals surface area contributed by atoms with Gasteiger partial charge in [0, 0.05) is 5.69 Å². The van der Waals surface area contributed by atoms with Crippen molar-refractivity contribution in [3.63, 3.8) is 0 Å². The van der Waals surface area contributed by atoms with Gasteiger partial charge in [0.05, 0.1) is 0 Å². The topological polar surface area (TPSA) is 26.0 Å². The highest BCUT2D eigenvalue weighted by atomic mass is 14.5. The Balaban J connectivity index is 2.30. The number of nitrogens with two attached hydrogens (primary N) is 1. The first-order valence-corrected chi connectivity index (χ1v) is 4.82. The molecule has 2 rings (SSSR count). The summed E-state index contributed by atoms with van der Waals surface area (Å²) in [5.41, 5.74) is 10.9. The van der Waals surface area contributed by atoms with E-state index < -0.39 is 0 Å². The van der Waals surface area contributed by atoms with Crippen LogP contribution in [0.15, 0.2) is 29.8 Å². The Hall–Kier alpha value is -1.24. The molecule has 0 aliphatic heterocycles. The number of allylic oxidation sites excluding steroid dienone is 2. The minimum Gasteiger partial charge on any atom is -0.399 e. The van der Waals surface area contributed by atoms with E-state index in [9.17, 15) is 0 Å². The lowest BCUT2D eigenvalue weighted by Crippen LogP contribution is -1.99. The third-order valence-corrected chi connectivity index (χ3v) is 2.83. The van der Waals surface area contributed by atoms with Gasteiger partial charge in [0.15, 0.2) is 0 Å². The van der Waals surface area contributed by atoms with Crippen molar-refractivity contribution in [3.05, 3.63) is 35.4 Å². The highest BCUT2D eigenvalue weighted by Gasteiger charge is 2.12. The minimum atomic E-state index is 0.843. The van der Waals surface area contributed by atoms with Crippen LogP contribution in [-0.2, 0) is 0 Å². The molecule has 0 amide bonds. The Bertz CT molecular complexity index is 327. The van der Waals surface area contributed by atoms with E-state index in [2.05, 4.69) is 19.1 Å². The van der Waals surface area contributed by atoms with E-state index >= 15 is 0 Å². The van der Waals surface area contributed by atoms with Gasteiger partial charge in [-0.2, -0.15) is 0 Å². The zero-order valence-corrected chi connectivity index (χ0v) is 8.01. The monoisotopic (exact) mass is 173 g/mol. The minimum absolute atomic E-state index is 0.843. The number of hydrogen-bond acceptors (Lipinski definition) is 1. The lowest BCUT2D eigenvalue weighted by Gasteiger charge is -2.20. The molecular formula is C12H15N. The molecule has 1 saturated carbocycles. The SMILES string of the molecule is CC(=C1CCC1)c1ccc(N)cc1. The molecule has 0 aromatic heterocycles. The number of rotatable bonds is 1. The van der Waals surface area contributed by atoms with Gasteiger partial charge in [-0.3, -0.25) is 0 Å². The zero-order chi connectivity index (χ0) is 9.26. The molecule has 0 spiro atoms. The number of hydrogen-bond donors (Lipinski definition) is 1. The average Bonchev–Trinajstić information content (AvgIpc) is 2.02. The molecule has 1 fully saturated rings. The molecule has 1 heteroatoms. The van der Waals surface area contributed by atoms with Gasteiger partial charge in [0.1, 0.15) is 0 Å². The summed E-state index contributed by atoms with van der Waals surface area (Å²) in [5, 5.41) is 0. The molecule has 1 aliphatic rings. The van der Waals surface area contributed by atoms with Crippen LogP contribution in [0.2, 0.25) is 0 Å². The summed E-state index contributed by atoms with van der Waals surface area (Å²) in [6.07, 6.45) is 3.94. The fraction of sp³-hybridized carbons (Fsp3) is 0.333. The van der Waals surface area contributed by atoms with Crippen LogP contribution in [0.3, 0.4) is 0 Å². The van der Waals surface area contributed by atoms with Gasteiger partial charge in [-0.25, -0.2) is 0 Å². The molecule has 1 aromatic carbocycles. The predicted molar refractivity (Wildman–Crippen MR) is 57.3 cm³/mol. The molecule has 0 saturated heterocycles. The van der Waals surface area contributed by atoms with Crippen molar-refractivity contribution >= 4 is 11.3 Å². The summed E-state index contributed by atoms with van der Waals surface area (Å²) in [7, 11) is 0. The van der Waals surface area contributed by atoms with E-state index in [1.54, 1.807) is 5.57 Å². The molecular weight excluding hydrogens is 158 g/mol. The first-order valence-electron chi connectivity index (χ1n) is 4.82. The summed E-state index contributed by atoms with van der Waals surface area (Å²) in [5.74, 6) is 0. The summed E-state index contributed by atoms with van der Waals surface area (Å²) in [4.78, 5) is 0. The van der Waals surface area contributed by atoms with Gasteiger partial charge in [0.25, 0.3) is 0 Å². The molecule has 68 valence electrons. The average molecular weight is 173 g/mol. The molecule has 1 aliphatic carbocycles. The van der Waals surface area contributed by atoms with Gasteiger partial charge in [0.2, 0.25) is 0 Å². The number of nitrogen functional groups attached to an aromatic ring is 1. The highest BCUT2D eigenvalue weighted by molar-refractivity contribution is 5.69. The van der Waals surface area contributed by atoms with Crippen LogP contribution >= 0.6 is 0 Å². The number of benzene rings is 1. The molecule has 13 heavy (non-hydrogen) atoms. The highest BCUT2D eigenvalue weighted by Crippen LogP contribution is 2.33. The van der Waals surface area contributed by atoms with Gasteiger partial charge >= 0.3 is 0 Å². The van der Waals surface area contributed by atoms with Crippen molar-refractivity contribution in [2.75, 3.05) is 5.73 Å². The summed E-state index contributed by atoms with van der Waals surface area (Å²) >= 11 is 0. The largest absolute Gasteiger partial charge is 0.399 e. The molecule has 0 unspecified atom stereocenters. The van der Waals surface area contributed by atoms with Crippen LogP contribution in [-0.4, -0.2) is 0 Å². The van der Waals surface area contributed by atoms with Gasteiger partial charge in [-0.05, 0) is 49.5 Å². The first-order chi connectivity index (χ1) is 6.27. The Morgan fingerprint density at radius 1 is 1.15 bits per heavy atom. The van der Waals surface area contributed by atoms with Crippen LogP contribution in [0, 0.1) is 0 Å². The van der Waals surface area contributed by atoms with Crippen molar-refractivity contribution < 1.29 is 0 Å². The van der Waals surface area contributed by atoms with Crippen molar-refractivity contribution in [2.45, 2.75) is 26.2 Å². The molecule has 0 radical (unpaired) electrons. The Kier molecular flexibility index (Phi) is 2.09. The molecule has 0 atom stereocenters. The second kappa shape index (κ2) is 3.25. The third kappa shape index (κ3) is 1.59. The Morgan fingerprint density at radius 2 is 1.77 bits per heavy atom. The van der Waals surface area contributed by atoms with Crippen LogP contribution in [0.5, 0.6) is 0 Å². The van der Waals surface area contributed by atoms with Gasteiger partial charge < -0.3 is 5.73 Å². The van der Waals surface area contributed by atoms with E-state index in [1.807, 2.05) is 12.1 Å². The van der Waals surface area contributed by atoms with Gasteiger partial charge in [-0.15, -0.1) is 0 Å². The molecule has 1 nitrogen and oxygen atoms in total. The quantitative estimate of drug-likeness (QED) is 0.648. The fourth-order valence-corrected chi connectivity index (χ4v) is 1.67. The van der Waals surface area contributed by atoms with E-state index in [0.717, 1.165) is 5.69 Å². The van der Waals surface area contributed by atoms with Crippen molar-refractivity contribution in [3.8, 4) is 0 Å². The third-order valence-electron chi connectivity index (χ3n) is 2.83. The first kappa shape index (κ1) is 8.36. The normalized spacial score (nSPS) is 15.3. The standard InChI is InChI=1S/C12H15N/c1-9(10-3-2-4-10)11-5-7-12(13)8-6-11/h5-8H,2-4,13H2,1H3. The van der Waals surface area contributed by atoms with Gasteiger partial charge in [-0.1, -0.05) is 17.7 Å². The number of anilines is 1. The smallest absolute Gasteiger partial charge is 0.0314 e.